The number of nitrogens with zero attached hydrogens (tertiary/aromatic N) is 2. The lowest BCUT2D eigenvalue weighted by Crippen LogP contribution is -2.30. The number of hydrazine groups is 1. The first kappa shape index (κ1) is 12.3. The van der Waals surface area contributed by atoms with Crippen molar-refractivity contribution in [3.63, 3.8) is 0 Å². The van der Waals surface area contributed by atoms with Crippen LogP contribution in [0.3, 0.4) is 0 Å². The quantitative estimate of drug-likeness (QED) is 0.526. The van der Waals surface area contributed by atoms with Crippen LogP contribution in [0.2, 0.25) is 0 Å². The van der Waals surface area contributed by atoms with Gasteiger partial charge in [-0.25, -0.2) is 5.43 Å². The first-order valence-electron chi connectivity index (χ1n) is 6.05. The van der Waals surface area contributed by atoms with E-state index in [0.717, 1.165) is 17.5 Å². The van der Waals surface area contributed by atoms with Crippen molar-refractivity contribution >= 4 is 23.3 Å². The Kier molecular flexibility index (Phi) is 2.92. The van der Waals surface area contributed by atoms with Crippen molar-refractivity contribution in [1.82, 2.24) is 5.43 Å². The van der Waals surface area contributed by atoms with Crippen LogP contribution >= 0.6 is 0 Å². The van der Waals surface area contributed by atoms with E-state index in [1.54, 1.807) is 11.1 Å². The van der Waals surface area contributed by atoms with Crippen LogP contribution in [0.25, 0.3) is 0 Å². The Labute approximate surface area is 114 Å². The predicted molar refractivity (Wildman–Crippen MR) is 73.6 cm³/mol. The first-order chi connectivity index (χ1) is 9.70. The molecule has 0 spiro atoms. The summed E-state index contributed by atoms with van der Waals surface area (Å²) < 4.78 is 0. The smallest absolute Gasteiger partial charge is 0.271 e. The molecule has 0 bridgehead atoms. The van der Waals surface area contributed by atoms with Crippen LogP contribution in [0.4, 0.5) is 17.1 Å². The van der Waals surface area contributed by atoms with Crippen molar-refractivity contribution in [3.05, 3.63) is 64.2 Å². The molecule has 0 saturated heterocycles. The number of nitro benzene ring substituents is 1. The second kappa shape index (κ2) is 4.75. The molecule has 6 heteroatoms. The number of carbonyl (C=O) groups excluding carboxylic acids is 1. The highest BCUT2D eigenvalue weighted by atomic mass is 16.6. The van der Waals surface area contributed by atoms with Crippen molar-refractivity contribution < 1.29 is 9.72 Å². The minimum atomic E-state index is -0.494. The number of rotatable bonds is 3. The molecule has 6 nitrogen and oxygen atoms in total. The Hall–Kier alpha value is -2.73. The Morgan fingerprint density at radius 1 is 1.20 bits per heavy atom. The largest absolute Gasteiger partial charge is 0.301 e. The Morgan fingerprint density at radius 2 is 1.95 bits per heavy atom. The summed E-state index contributed by atoms with van der Waals surface area (Å²) in [4.78, 5) is 21.6. The minimum absolute atomic E-state index is 0.00182. The molecule has 20 heavy (non-hydrogen) atoms. The number of aldehydes is 1. The molecule has 0 fully saturated rings. The van der Waals surface area contributed by atoms with Crippen LogP contribution in [0, 0.1) is 10.1 Å². The lowest BCUT2D eigenvalue weighted by Gasteiger charge is -2.19. The lowest BCUT2D eigenvalue weighted by molar-refractivity contribution is -0.384. The summed E-state index contributed by atoms with van der Waals surface area (Å²) in [5.74, 6) is 0. The number of carbonyl (C=O) groups is 1. The molecule has 1 atom stereocenters. The van der Waals surface area contributed by atoms with Gasteiger partial charge in [0.25, 0.3) is 5.69 Å². The van der Waals surface area contributed by atoms with Gasteiger partial charge in [-0.3, -0.25) is 15.1 Å². The topological polar surface area (TPSA) is 75.5 Å². The number of nitrogens with one attached hydrogen (secondary N) is 1. The number of nitro groups is 1. The highest BCUT2D eigenvalue weighted by Gasteiger charge is 2.30. The standard InChI is InChI=1S/C14H11N3O3/c18-9-13-12-7-6-11(17(19)20)8-14(12)16(15-13)10-4-2-1-3-5-10/h1-9,13,15H. The van der Waals surface area contributed by atoms with E-state index in [-0.39, 0.29) is 5.69 Å². The third kappa shape index (κ3) is 1.92. The van der Waals surface area contributed by atoms with E-state index in [1.807, 2.05) is 30.3 Å². The maximum Gasteiger partial charge on any atom is 0.271 e. The molecule has 0 aliphatic carbocycles. The van der Waals surface area contributed by atoms with Gasteiger partial charge in [0, 0.05) is 17.7 Å². The van der Waals surface area contributed by atoms with Gasteiger partial charge in [-0.1, -0.05) is 18.2 Å². The number of fused-ring (bicyclic) bond motifs is 1. The highest BCUT2D eigenvalue weighted by Crippen LogP contribution is 2.38. The van der Waals surface area contributed by atoms with E-state index in [4.69, 9.17) is 0 Å². The zero-order chi connectivity index (χ0) is 14.1. The third-order valence-electron chi connectivity index (χ3n) is 3.22. The number of benzene rings is 2. The van der Waals surface area contributed by atoms with Crippen molar-refractivity contribution in [1.29, 1.82) is 0 Å². The molecular weight excluding hydrogens is 258 g/mol. The monoisotopic (exact) mass is 269 g/mol. The van der Waals surface area contributed by atoms with Gasteiger partial charge in [-0.05, 0) is 18.2 Å². The molecule has 100 valence electrons. The van der Waals surface area contributed by atoms with Gasteiger partial charge in [0.2, 0.25) is 0 Å². The van der Waals surface area contributed by atoms with Crippen molar-refractivity contribution in [2.45, 2.75) is 6.04 Å². The molecule has 0 aromatic heterocycles. The van der Waals surface area contributed by atoms with Gasteiger partial charge in [-0.15, -0.1) is 0 Å². The molecule has 1 heterocycles. The molecule has 0 saturated carbocycles. The summed E-state index contributed by atoms with van der Waals surface area (Å²) in [7, 11) is 0. The van der Waals surface area contributed by atoms with Gasteiger partial charge in [0.15, 0.2) is 0 Å². The number of para-hydroxylation sites is 1. The molecule has 1 unspecified atom stereocenters. The fourth-order valence-electron chi connectivity index (χ4n) is 2.27. The van der Waals surface area contributed by atoms with E-state index in [0.29, 0.717) is 5.69 Å². The average Bonchev–Trinajstić information content (AvgIpc) is 2.86. The second-order valence-corrected chi connectivity index (χ2v) is 4.41. The molecule has 2 aromatic rings. The average molecular weight is 269 g/mol. The fourth-order valence-corrected chi connectivity index (χ4v) is 2.27. The summed E-state index contributed by atoms with van der Waals surface area (Å²) >= 11 is 0. The van der Waals surface area contributed by atoms with Gasteiger partial charge >= 0.3 is 0 Å². The van der Waals surface area contributed by atoms with E-state index in [9.17, 15) is 14.9 Å². The van der Waals surface area contributed by atoms with E-state index >= 15 is 0 Å². The van der Waals surface area contributed by atoms with Crippen molar-refractivity contribution in [3.8, 4) is 0 Å². The summed E-state index contributed by atoms with van der Waals surface area (Å²) in [6, 6.07) is 13.3. The van der Waals surface area contributed by atoms with Crippen LogP contribution in [0.1, 0.15) is 11.6 Å². The van der Waals surface area contributed by atoms with Crippen molar-refractivity contribution in [2.24, 2.45) is 0 Å². The Balaban J connectivity index is 2.11. The van der Waals surface area contributed by atoms with Gasteiger partial charge < -0.3 is 4.79 Å². The molecular formula is C14H11N3O3. The van der Waals surface area contributed by atoms with Crippen LogP contribution < -0.4 is 10.4 Å². The Bertz CT molecular complexity index is 673. The first-order valence-corrected chi connectivity index (χ1v) is 6.05. The molecule has 1 aliphatic rings. The van der Waals surface area contributed by atoms with Crippen LogP contribution in [-0.4, -0.2) is 11.2 Å². The van der Waals surface area contributed by atoms with E-state index in [1.165, 1.54) is 12.1 Å². The molecule has 0 radical (unpaired) electrons. The summed E-state index contributed by atoms with van der Waals surface area (Å²) in [6.07, 6.45) is 0.785. The summed E-state index contributed by atoms with van der Waals surface area (Å²) in [5, 5.41) is 12.6. The van der Waals surface area contributed by atoms with E-state index in [2.05, 4.69) is 5.43 Å². The van der Waals surface area contributed by atoms with Crippen LogP contribution in [0.15, 0.2) is 48.5 Å². The number of hydrogen-bond acceptors (Lipinski definition) is 5. The molecule has 1 aliphatic heterocycles. The van der Waals surface area contributed by atoms with Gasteiger partial charge in [0.05, 0.1) is 16.3 Å². The molecule has 1 N–H and O–H groups in total. The summed E-state index contributed by atoms with van der Waals surface area (Å²) in [6.45, 7) is 0. The lowest BCUT2D eigenvalue weighted by atomic mass is 10.1. The van der Waals surface area contributed by atoms with Crippen LogP contribution in [0.5, 0.6) is 0 Å². The SMILES string of the molecule is O=CC1NN(c2ccccc2)c2cc([N+](=O)[O-])ccc21. The zero-order valence-electron chi connectivity index (χ0n) is 10.4. The minimum Gasteiger partial charge on any atom is -0.301 e. The van der Waals surface area contributed by atoms with E-state index < -0.39 is 11.0 Å². The molecule has 2 aromatic carbocycles. The number of hydrogen-bond donors (Lipinski definition) is 1. The number of non-ortho nitro benzene ring substituents is 1. The van der Waals surface area contributed by atoms with Crippen LogP contribution in [-0.2, 0) is 4.79 Å². The maximum atomic E-state index is 11.1. The fraction of sp³-hybridized carbons (Fsp3) is 0.0714. The zero-order valence-corrected chi connectivity index (χ0v) is 10.4. The predicted octanol–water partition coefficient (Wildman–Crippen LogP) is 2.49. The number of anilines is 2. The van der Waals surface area contributed by atoms with Crippen molar-refractivity contribution in [2.75, 3.05) is 5.01 Å². The second-order valence-electron chi connectivity index (χ2n) is 4.41. The molecule has 3 rings (SSSR count). The third-order valence-corrected chi connectivity index (χ3v) is 3.22. The van der Waals surface area contributed by atoms with Gasteiger partial charge in [-0.2, -0.15) is 0 Å². The van der Waals surface area contributed by atoms with Gasteiger partial charge in [0.1, 0.15) is 12.3 Å². The summed E-state index contributed by atoms with van der Waals surface area (Å²) in [5.41, 5.74) is 5.21. The highest BCUT2D eigenvalue weighted by molar-refractivity contribution is 5.78. The molecule has 0 amide bonds. The maximum absolute atomic E-state index is 11.1. The Morgan fingerprint density at radius 3 is 2.60 bits per heavy atom. The normalized spacial score (nSPS) is 16.8.